The molecule has 1 aromatic carbocycles. The van der Waals surface area contributed by atoms with Gasteiger partial charge in [-0.1, -0.05) is 0 Å². The zero-order valence-corrected chi connectivity index (χ0v) is 16.7. The maximum Gasteiger partial charge on any atom is 0.425 e. The van der Waals surface area contributed by atoms with Crippen LogP contribution in [-0.4, -0.2) is 40.0 Å². The standard InChI is InChI=1S/C20H24F3N3O4/c1-26-10-9-24-18(26)19(28,20(21,22)23)12-17(27)25-13-7-8-15(29-2)16(11-13)30-14-5-3-4-6-14/h7-11,14,28H,3-6,12H2,1-2H3,(H,25,27)/t19-/m0/s1. The lowest BCUT2D eigenvalue weighted by atomic mass is 9.97. The summed E-state index contributed by atoms with van der Waals surface area (Å²) < 4.78 is 53.1. The van der Waals surface area contributed by atoms with Crippen LogP contribution in [0.4, 0.5) is 18.9 Å². The van der Waals surface area contributed by atoms with Crippen molar-refractivity contribution in [2.24, 2.45) is 7.05 Å². The fraction of sp³-hybridized carbons (Fsp3) is 0.500. The van der Waals surface area contributed by atoms with Gasteiger partial charge in [-0.25, -0.2) is 4.98 Å². The quantitative estimate of drug-likeness (QED) is 0.706. The van der Waals surface area contributed by atoms with Gasteiger partial charge in [0.25, 0.3) is 0 Å². The van der Waals surface area contributed by atoms with E-state index >= 15 is 0 Å². The molecule has 7 nitrogen and oxygen atoms in total. The Morgan fingerprint density at radius 1 is 1.30 bits per heavy atom. The lowest BCUT2D eigenvalue weighted by molar-refractivity contribution is -0.270. The number of nitrogens with one attached hydrogen (secondary N) is 1. The SMILES string of the molecule is COc1ccc(NC(=O)C[C@](O)(c2nccn2C)C(F)(F)F)cc1OC1CCCC1. The highest BCUT2D eigenvalue weighted by molar-refractivity contribution is 5.91. The molecule has 1 amide bonds. The molecule has 2 N–H and O–H groups in total. The smallest absolute Gasteiger partial charge is 0.425 e. The van der Waals surface area contributed by atoms with E-state index in [0.717, 1.165) is 36.4 Å². The molecule has 1 aromatic heterocycles. The molecule has 10 heteroatoms. The zero-order chi connectivity index (χ0) is 21.9. The van der Waals surface area contributed by atoms with Crippen molar-refractivity contribution >= 4 is 11.6 Å². The summed E-state index contributed by atoms with van der Waals surface area (Å²) in [6, 6.07) is 4.56. The Morgan fingerprint density at radius 3 is 2.57 bits per heavy atom. The van der Waals surface area contributed by atoms with Crippen molar-refractivity contribution in [2.45, 2.75) is 50.0 Å². The Hall–Kier alpha value is -2.75. The number of hydrogen-bond acceptors (Lipinski definition) is 5. The average Bonchev–Trinajstić information content (AvgIpc) is 3.32. The molecule has 164 valence electrons. The molecule has 1 atom stereocenters. The summed E-state index contributed by atoms with van der Waals surface area (Å²) in [6.45, 7) is 0. The minimum atomic E-state index is -5.10. The van der Waals surface area contributed by atoms with Gasteiger partial charge in [0.1, 0.15) is 0 Å². The normalized spacial score (nSPS) is 16.9. The third-order valence-electron chi connectivity index (χ3n) is 5.12. The van der Waals surface area contributed by atoms with Crippen molar-refractivity contribution < 1.29 is 32.5 Å². The molecule has 30 heavy (non-hydrogen) atoms. The van der Waals surface area contributed by atoms with Gasteiger partial charge in [0.05, 0.1) is 19.6 Å². The summed E-state index contributed by atoms with van der Waals surface area (Å²) in [6.07, 6.45) is 0.0130. The second kappa shape index (κ2) is 8.55. The summed E-state index contributed by atoms with van der Waals surface area (Å²) in [5, 5.41) is 12.7. The Labute approximate surface area is 171 Å². The largest absolute Gasteiger partial charge is 0.493 e. The molecule has 0 aliphatic heterocycles. The number of methoxy groups -OCH3 is 1. The van der Waals surface area contributed by atoms with Crippen LogP contribution in [0.25, 0.3) is 0 Å². The van der Waals surface area contributed by atoms with Crippen molar-refractivity contribution in [1.29, 1.82) is 0 Å². The number of hydrogen-bond donors (Lipinski definition) is 2. The second-order valence-electron chi connectivity index (χ2n) is 7.33. The van der Waals surface area contributed by atoms with Crippen LogP contribution in [0.5, 0.6) is 11.5 Å². The van der Waals surface area contributed by atoms with E-state index in [0.29, 0.717) is 11.5 Å². The number of benzene rings is 1. The van der Waals surface area contributed by atoms with Crippen molar-refractivity contribution in [1.82, 2.24) is 9.55 Å². The van der Waals surface area contributed by atoms with Crippen molar-refractivity contribution in [3.8, 4) is 11.5 Å². The highest BCUT2D eigenvalue weighted by Crippen LogP contribution is 2.41. The average molecular weight is 427 g/mol. The first-order chi connectivity index (χ1) is 14.1. The monoisotopic (exact) mass is 427 g/mol. The fourth-order valence-electron chi connectivity index (χ4n) is 3.54. The molecule has 1 aliphatic carbocycles. The number of carbonyl (C=O) groups is 1. The van der Waals surface area contributed by atoms with Gasteiger partial charge in [-0.2, -0.15) is 13.2 Å². The number of alkyl halides is 3. The predicted molar refractivity (Wildman–Crippen MR) is 102 cm³/mol. The minimum absolute atomic E-state index is 0.0311. The molecular formula is C20H24F3N3O4. The summed E-state index contributed by atoms with van der Waals surface area (Å²) in [5.41, 5.74) is -3.19. The maximum atomic E-state index is 13.6. The summed E-state index contributed by atoms with van der Waals surface area (Å²) in [4.78, 5) is 16.0. The van der Waals surface area contributed by atoms with Gasteiger partial charge in [0.15, 0.2) is 17.3 Å². The van der Waals surface area contributed by atoms with Gasteiger partial charge >= 0.3 is 6.18 Å². The Balaban J connectivity index is 1.78. The second-order valence-corrected chi connectivity index (χ2v) is 7.33. The van der Waals surface area contributed by atoms with Crippen LogP contribution in [0.15, 0.2) is 30.6 Å². The van der Waals surface area contributed by atoms with Crippen LogP contribution in [0.3, 0.4) is 0 Å². The van der Waals surface area contributed by atoms with Crippen LogP contribution in [-0.2, 0) is 17.4 Å². The minimum Gasteiger partial charge on any atom is -0.493 e. The third-order valence-corrected chi connectivity index (χ3v) is 5.12. The number of anilines is 1. The van der Waals surface area contributed by atoms with E-state index in [9.17, 15) is 23.1 Å². The van der Waals surface area contributed by atoms with Gasteiger partial charge in [-0.05, 0) is 37.8 Å². The number of imidazole rings is 1. The Kier molecular flexibility index (Phi) is 6.25. The maximum absolute atomic E-state index is 13.6. The van der Waals surface area contributed by atoms with Crippen molar-refractivity contribution in [3.63, 3.8) is 0 Å². The molecule has 0 radical (unpaired) electrons. The topological polar surface area (TPSA) is 85.6 Å². The predicted octanol–water partition coefficient (Wildman–Crippen LogP) is 3.53. The Morgan fingerprint density at radius 2 is 2.00 bits per heavy atom. The molecular weight excluding hydrogens is 403 g/mol. The van der Waals surface area contributed by atoms with Crippen LogP contribution in [0.1, 0.15) is 37.9 Å². The number of ether oxygens (including phenoxy) is 2. The van der Waals surface area contributed by atoms with Crippen molar-refractivity contribution in [2.75, 3.05) is 12.4 Å². The number of rotatable bonds is 7. The lowest BCUT2D eigenvalue weighted by Gasteiger charge is -2.29. The lowest BCUT2D eigenvalue weighted by Crippen LogP contribution is -2.46. The van der Waals surface area contributed by atoms with Gasteiger partial charge in [0, 0.05) is 31.2 Å². The molecule has 0 saturated heterocycles. The number of nitrogens with zero attached hydrogens (tertiary/aromatic N) is 2. The highest BCUT2D eigenvalue weighted by Gasteiger charge is 2.58. The molecule has 1 saturated carbocycles. The number of amides is 1. The van der Waals surface area contributed by atoms with Gasteiger partial charge < -0.3 is 24.5 Å². The van der Waals surface area contributed by atoms with E-state index in [-0.39, 0.29) is 11.8 Å². The van der Waals surface area contributed by atoms with E-state index < -0.39 is 29.9 Å². The van der Waals surface area contributed by atoms with Crippen LogP contribution >= 0.6 is 0 Å². The number of aryl methyl sites for hydroxylation is 1. The van der Waals surface area contributed by atoms with E-state index in [1.807, 2.05) is 0 Å². The molecule has 2 aromatic rings. The van der Waals surface area contributed by atoms with Gasteiger partial charge in [-0.3, -0.25) is 4.79 Å². The first-order valence-electron chi connectivity index (χ1n) is 9.55. The van der Waals surface area contributed by atoms with Crippen LogP contribution in [0.2, 0.25) is 0 Å². The van der Waals surface area contributed by atoms with E-state index in [1.54, 1.807) is 6.07 Å². The van der Waals surface area contributed by atoms with Crippen LogP contribution in [0, 0.1) is 0 Å². The number of halogens is 3. The molecule has 0 unspecified atom stereocenters. The molecule has 0 spiro atoms. The summed E-state index contributed by atoms with van der Waals surface area (Å²) in [5.74, 6) is -0.822. The third kappa shape index (κ3) is 4.53. The first kappa shape index (κ1) is 21.9. The van der Waals surface area contributed by atoms with E-state index in [2.05, 4.69) is 10.3 Å². The Bertz CT molecular complexity index is 894. The summed E-state index contributed by atoms with van der Waals surface area (Å²) in [7, 11) is 2.79. The molecule has 1 heterocycles. The van der Waals surface area contributed by atoms with Crippen LogP contribution < -0.4 is 14.8 Å². The number of carbonyl (C=O) groups excluding carboxylic acids is 1. The highest BCUT2D eigenvalue weighted by atomic mass is 19.4. The number of aromatic nitrogens is 2. The van der Waals surface area contributed by atoms with Gasteiger partial charge in [0.2, 0.25) is 11.5 Å². The van der Waals surface area contributed by atoms with E-state index in [4.69, 9.17) is 9.47 Å². The molecule has 0 bridgehead atoms. The van der Waals surface area contributed by atoms with Crippen molar-refractivity contribution in [3.05, 3.63) is 36.4 Å². The molecule has 1 fully saturated rings. The molecule has 1 aliphatic rings. The molecule has 3 rings (SSSR count). The summed E-state index contributed by atoms with van der Waals surface area (Å²) >= 11 is 0. The number of aliphatic hydroxyl groups is 1. The zero-order valence-electron chi connectivity index (χ0n) is 16.7. The first-order valence-corrected chi connectivity index (χ1v) is 9.55. The van der Waals surface area contributed by atoms with E-state index in [1.165, 1.54) is 32.5 Å². The van der Waals surface area contributed by atoms with Gasteiger partial charge in [-0.15, -0.1) is 0 Å². The fourth-order valence-corrected chi connectivity index (χ4v) is 3.54.